The molecule has 0 radical (unpaired) electrons. The Bertz CT molecular complexity index is 301. The highest BCUT2D eigenvalue weighted by molar-refractivity contribution is 5.13. The fourth-order valence-corrected chi connectivity index (χ4v) is 3.54. The van der Waals surface area contributed by atoms with Gasteiger partial charge in [0.25, 0.3) is 0 Å². The standard InChI is InChI=1S/C14H25N3/c1-12-4-5-14(11-15,13(2)10-12)17-8-6-16(3)7-9-17/h12-13H,4-10H2,1-3H3. The van der Waals surface area contributed by atoms with Crippen LogP contribution in [0.25, 0.3) is 0 Å². The van der Waals surface area contributed by atoms with Gasteiger partial charge in [-0.1, -0.05) is 13.8 Å². The first-order valence-corrected chi connectivity index (χ1v) is 6.93. The average Bonchev–Trinajstić information content (AvgIpc) is 2.31. The summed E-state index contributed by atoms with van der Waals surface area (Å²) in [7, 11) is 2.17. The van der Waals surface area contributed by atoms with Crippen LogP contribution in [0.3, 0.4) is 0 Å². The molecule has 2 fully saturated rings. The van der Waals surface area contributed by atoms with E-state index < -0.39 is 0 Å². The molecule has 2 rings (SSSR count). The number of rotatable bonds is 1. The second kappa shape index (κ2) is 4.96. The smallest absolute Gasteiger partial charge is 0.111 e. The van der Waals surface area contributed by atoms with Crippen molar-refractivity contribution < 1.29 is 0 Å². The first-order chi connectivity index (χ1) is 8.08. The van der Waals surface area contributed by atoms with Crippen molar-refractivity contribution in [3.05, 3.63) is 0 Å². The molecule has 2 aliphatic rings. The normalized spacial score (nSPS) is 41.1. The Labute approximate surface area is 105 Å². The molecule has 3 nitrogen and oxygen atoms in total. The van der Waals surface area contributed by atoms with E-state index in [0.717, 1.165) is 38.5 Å². The fraction of sp³-hybridized carbons (Fsp3) is 0.929. The van der Waals surface area contributed by atoms with Crippen LogP contribution in [0.4, 0.5) is 0 Å². The van der Waals surface area contributed by atoms with E-state index in [4.69, 9.17) is 0 Å². The molecule has 0 aromatic rings. The minimum atomic E-state index is -0.173. The summed E-state index contributed by atoms with van der Waals surface area (Å²) in [5.74, 6) is 1.30. The first-order valence-electron chi connectivity index (χ1n) is 6.93. The van der Waals surface area contributed by atoms with Crippen molar-refractivity contribution in [1.82, 2.24) is 9.80 Å². The SMILES string of the molecule is CC1CCC(C#N)(N2CCN(C)CC2)C(C)C1. The molecule has 1 aliphatic carbocycles. The number of piperazine rings is 1. The van der Waals surface area contributed by atoms with Crippen LogP contribution in [0.1, 0.15) is 33.1 Å². The molecule has 0 aromatic heterocycles. The molecule has 1 heterocycles. The molecule has 0 spiro atoms. The Balaban J connectivity index is 2.11. The quantitative estimate of drug-likeness (QED) is 0.696. The van der Waals surface area contributed by atoms with Crippen LogP contribution in [0.5, 0.6) is 0 Å². The Hall–Kier alpha value is -0.590. The first kappa shape index (κ1) is 12.9. The third-order valence-corrected chi connectivity index (χ3v) is 4.85. The van der Waals surface area contributed by atoms with Crippen molar-refractivity contribution in [2.24, 2.45) is 11.8 Å². The lowest BCUT2D eigenvalue weighted by Crippen LogP contribution is -2.60. The van der Waals surface area contributed by atoms with E-state index in [1.54, 1.807) is 0 Å². The van der Waals surface area contributed by atoms with Gasteiger partial charge in [0.2, 0.25) is 0 Å². The van der Waals surface area contributed by atoms with Crippen molar-refractivity contribution in [2.45, 2.75) is 38.6 Å². The second-order valence-electron chi connectivity index (χ2n) is 6.11. The zero-order valence-corrected chi connectivity index (χ0v) is 11.4. The zero-order valence-electron chi connectivity index (χ0n) is 11.4. The molecule has 0 N–H and O–H groups in total. The summed E-state index contributed by atoms with van der Waals surface area (Å²) in [6.45, 7) is 8.92. The molecule has 96 valence electrons. The van der Waals surface area contributed by atoms with Crippen molar-refractivity contribution in [1.29, 1.82) is 5.26 Å². The van der Waals surface area contributed by atoms with Crippen LogP contribution in [0.15, 0.2) is 0 Å². The van der Waals surface area contributed by atoms with Crippen LogP contribution < -0.4 is 0 Å². The van der Waals surface area contributed by atoms with Gasteiger partial charge in [-0.2, -0.15) is 5.26 Å². The van der Waals surface area contributed by atoms with Crippen LogP contribution in [0.2, 0.25) is 0 Å². The number of nitriles is 1. The lowest BCUT2D eigenvalue weighted by atomic mass is 9.69. The third kappa shape index (κ3) is 2.34. The van der Waals surface area contributed by atoms with Gasteiger partial charge in [0, 0.05) is 26.2 Å². The summed E-state index contributed by atoms with van der Waals surface area (Å²) in [6.07, 6.45) is 3.49. The molecule has 1 aliphatic heterocycles. The summed E-state index contributed by atoms with van der Waals surface area (Å²) in [4.78, 5) is 4.82. The molecule has 3 atom stereocenters. The van der Waals surface area contributed by atoms with Crippen molar-refractivity contribution in [3.8, 4) is 6.07 Å². The highest BCUT2D eigenvalue weighted by Crippen LogP contribution is 2.40. The van der Waals surface area contributed by atoms with Crippen LogP contribution in [0, 0.1) is 23.2 Å². The average molecular weight is 235 g/mol. The predicted octanol–water partition coefficient (Wildman–Crippen LogP) is 1.95. The lowest BCUT2D eigenvalue weighted by molar-refractivity contribution is 0.00684. The van der Waals surface area contributed by atoms with Gasteiger partial charge in [0.05, 0.1) is 6.07 Å². The summed E-state index contributed by atoms with van der Waals surface area (Å²) in [5, 5.41) is 9.71. The highest BCUT2D eigenvalue weighted by Gasteiger charge is 2.45. The lowest BCUT2D eigenvalue weighted by Gasteiger charge is -2.49. The number of nitrogens with zero attached hydrogens (tertiary/aromatic N) is 3. The number of likely N-dealkylation sites (N-methyl/N-ethyl adjacent to an activating group) is 1. The van der Waals surface area contributed by atoms with E-state index in [1.807, 2.05) is 0 Å². The van der Waals surface area contributed by atoms with E-state index in [9.17, 15) is 5.26 Å². The highest BCUT2D eigenvalue weighted by atomic mass is 15.3. The molecule has 0 amide bonds. The topological polar surface area (TPSA) is 30.3 Å². The van der Waals surface area contributed by atoms with Gasteiger partial charge in [0.15, 0.2) is 0 Å². The van der Waals surface area contributed by atoms with Crippen molar-refractivity contribution in [3.63, 3.8) is 0 Å². The summed E-state index contributed by atoms with van der Waals surface area (Å²) >= 11 is 0. The molecule has 3 heteroatoms. The third-order valence-electron chi connectivity index (χ3n) is 4.85. The summed E-state index contributed by atoms with van der Waals surface area (Å²) in [5.41, 5.74) is -0.173. The van der Waals surface area contributed by atoms with Crippen LogP contribution in [-0.4, -0.2) is 48.6 Å². The zero-order chi connectivity index (χ0) is 12.5. The maximum absolute atomic E-state index is 9.71. The van der Waals surface area contributed by atoms with Crippen molar-refractivity contribution >= 4 is 0 Å². The van der Waals surface area contributed by atoms with E-state index in [1.165, 1.54) is 12.8 Å². The molecule has 1 saturated carbocycles. The fourth-order valence-electron chi connectivity index (χ4n) is 3.54. The van der Waals surface area contributed by atoms with E-state index >= 15 is 0 Å². The summed E-state index contributed by atoms with van der Waals surface area (Å²) in [6, 6.07) is 2.68. The van der Waals surface area contributed by atoms with Gasteiger partial charge in [-0.15, -0.1) is 0 Å². The monoisotopic (exact) mass is 235 g/mol. The summed E-state index contributed by atoms with van der Waals surface area (Å²) < 4.78 is 0. The van der Waals surface area contributed by atoms with Crippen molar-refractivity contribution in [2.75, 3.05) is 33.2 Å². The van der Waals surface area contributed by atoms with Gasteiger partial charge in [-0.25, -0.2) is 0 Å². The van der Waals surface area contributed by atoms with Gasteiger partial charge >= 0.3 is 0 Å². The molecular formula is C14H25N3. The molecule has 0 aromatic carbocycles. The number of hydrogen-bond acceptors (Lipinski definition) is 3. The minimum Gasteiger partial charge on any atom is -0.304 e. The minimum absolute atomic E-state index is 0.173. The predicted molar refractivity (Wildman–Crippen MR) is 69.6 cm³/mol. The second-order valence-corrected chi connectivity index (χ2v) is 6.11. The van der Waals surface area contributed by atoms with E-state index in [-0.39, 0.29) is 5.54 Å². The van der Waals surface area contributed by atoms with Crippen LogP contribution in [-0.2, 0) is 0 Å². The Morgan fingerprint density at radius 1 is 1.18 bits per heavy atom. The van der Waals surface area contributed by atoms with Crippen LogP contribution >= 0.6 is 0 Å². The largest absolute Gasteiger partial charge is 0.304 e. The molecular weight excluding hydrogens is 210 g/mol. The molecule has 1 saturated heterocycles. The maximum Gasteiger partial charge on any atom is 0.111 e. The van der Waals surface area contributed by atoms with Gasteiger partial charge in [-0.05, 0) is 38.1 Å². The maximum atomic E-state index is 9.71. The number of hydrogen-bond donors (Lipinski definition) is 0. The van der Waals surface area contributed by atoms with Gasteiger partial charge in [-0.3, -0.25) is 4.90 Å². The van der Waals surface area contributed by atoms with Gasteiger partial charge < -0.3 is 4.90 Å². The Kier molecular flexibility index (Phi) is 3.75. The molecule has 17 heavy (non-hydrogen) atoms. The van der Waals surface area contributed by atoms with E-state index in [0.29, 0.717) is 5.92 Å². The molecule has 0 bridgehead atoms. The van der Waals surface area contributed by atoms with Gasteiger partial charge in [0.1, 0.15) is 5.54 Å². The van der Waals surface area contributed by atoms with E-state index in [2.05, 4.69) is 36.8 Å². The Morgan fingerprint density at radius 3 is 2.35 bits per heavy atom. The Morgan fingerprint density at radius 2 is 1.82 bits per heavy atom. The molecule has 3 unspecified atom stereocenters.